The second-order valence-corrected chi connectivity index (χ2v) is 10.5. The van der Waals surface area contributed by atoms with Crippen molar-refractivity contribution in [2.24, 2.45) is 5.92 Å². The van der Waals surface area contributed by atoms with Gasteiger partial charge < -0.3 is 4.42 Å². The van der Waals surface area contributed by atoms with Crippen molar-refractivity contribution >= 4 is 38.0 Å². The van der Waals surface area contributed by atoms with Crippen LogP contribution in [0.2, 0.25) is 0 Å². The largest absolute Gasteiger partial charge is 0.409 e. The lowest BCUT2D eigenvalue weighted by Crippen LogP contribution is -2.40. The first-order valence-electron chi connectivity index (χ1n) is 8.52. The minimum absolute atomic E-state index is 0.00433. The first-order chi connectivity index (χ1) is 12.2. The van der Waals surface area contributed by atoms with E-state index in [4.69, 9.17) is 16.6 Å². The molecular formula is C17H22BrN3O3S2. The average Bonchev–Trinajstić information content (AvgIpc) is 3.09. The van der Waals surface area contributed by atoms with E-state index in [1.807, 2.05) is 24.3 Å². The zero-order chi connectivity index (χ0) is 18.9. The Hall–Kier alpha value is -1.03. The predicted octanol–water partition coefficient (Wildman–Crippen LogP) is 3.74. The third-order valence-electron chi connectivity index (χ3n) is 4.32. The molecule has 1 saturated heterocycles. The van der Waals surface area contributed by atoms with E-state index in [1.54, 1.807) is 4.68 Å². The summed E-state index contributed by atoms with van der Waals surface area (Å²) in [5.41, 5.74) is 0.836. The Morgan fingerprint density at radius 2 is 2.23 bits per heavy atom. The van der Waals surface area contributed by atoms with Crippen LogP contribution in [0.4, 0.5) is 0 Å². The Balaban J connectivity index is 1.84. The van der Waals surface area contributed by atoms with E-state index in [-0.39, 0.29) is 22.4 Å². The third-order valence-corrected chi connectivity index (χ3v) is 6.86. The molecule has 1 fully saturated rings. The van der Waals surface area contributed by atoms with Gasteiger partial charge in [-0.25, -0.2) is 13.1 Å². The molecule has 1 aliphatic heterocycles. The molecule has 6 nitrogen and oxygen atoms in total. The van der Waals surface area contributed by atoms with E-state index in [9.17, 15) is 8.42 Å². The van der Waals surface area contributed by atoms with Crippen LogP contribution in [0.5, 0.6) is 0 Å². The average molecular weight is 460 g/mol. The number of hydrogen-bond donors (Lipinski definition) is 0. The molecule has 1 aliphatic rings. The van der Waals surface area contributed by atoms with Crippen LogP contribution in [0.1, 0.15) is 20.3 Å². The van der Waals surface area contributed by atoms with Gasteiger partial charge in [-0.1, -0.05) is 35.8 Å². The predicted molar refractivity (Wildman–Crippen MR) is 107 cm³/mol. The van der Waals surface area contributed by atoms with E-state index in [2.05, 4.69) is 39.8 Å². The SMILES string of the molecule is CC(C)CN(Cn1nc(-c2cccc(Br)c2)oc1=S)[C@@H]1CCS(=O)(=O)C1. The zero-order valence-corrected chi connectivity index (χ0v) is 18.0. The summed E-state index contributed by atoms with van der Waals surface area (Å²) in [5, 5.41) is 4.51. The molecule has 0 aliphatic carbocycles. The fourth-order valence-electron chi connectivity index (χ4n) is 3.16. The molecule has 1 aromatic carbocycles. The molecule has 0 spiro atoms. The lowest BCUT2D eigenvalue weighted by atomic mass is 10.1. The molecule has 0 bridgehead atoms. The number of rotatable bonds is 6. The van der Waals surface area contributed by atoms with Crippen LogP contribution in [-0.2, 0) is 16.5 Å². The minimum Gasteiger partial charge on any atom is -0.409 e. The molecule has 0 amide bonds. The van der Waals surface area contributed by atoms with Gasteiger partial charge in [0.25, 0.3) is 4.84 Å². The maximum absolute atomic E-state index is 11.9. The molecule has 2 aromatic rings. The highest BCUT2D eigenvalue weighted by Crippen LogP contribution is 2.23. The van der Waals surface area contributed by atoms with Crippen molar-refractivity contribution in [3.63, 3.8) is 0 Å². The van der Waals surface area contributed by atoms with E-state index < -0.39 is 9.84 Å². The smallest absolute Gasteiger partial charge is 0.288 e. The zero-order valence-electron chi connectivity index (χ0n) is 14.8. The van der Waals surface area contributed by atoms with Crippen molar-refractivity contribution in [3.05, 3.63) is 33.6 Å². The van der Waals surface area contributed by atoms with Crippen LogP contribution < -0.4 is 0 Å². The second kappa shape index (κ2) is 7.92. The molecule has 0 saturated carbocycles. The quantitative estimate of drug-likeness (QED) is 0.612. The van der Waals surface area contributed by atoms with E-state index in [1.165, 1.54) is 0 Å². The van der Waals surface area contributed by atoms with Gasteiger partial charge in [0, 0.05) is 22.6 Å². The Labute approximate surface area is 167 Å². The minimum atomic E-state index is -2.95. The number of benzene rings is 1. The van der Waals surface area contributed by atoms with Gasteiger partial charge in [0.05, 0.1) is 18.2 Å². The van der Waals surface area contributed by atoms with Gasteiger partial charge in [-0.15, -0.1) is 5.10 Å². The first-order valence-corrected chi connectivity index (χ1v) is 11.5. The van der Waals surface area contributed by atoms with Gasteiger partial charge >= 0.3 is 0 Å². The van der Waals surface area contributed by atoms with Crippen molar-refractivity contribution in [1.82, 2.24) is 14.7 Å². The van der Waals surface area contributed by atoms with Crippen molar-refractivity contribution in [3.8, 4) is 11.5 Å². The molecule has 142 valence electrons. The van der Waals surface area contributed by atoms with E-state index in [0.717, 1.165) is 16.6 Å². The monoisotopic (exact) mass is 459 g/mol. The Kier molecular flexibility index (Phi) is 6.01. The Morgan fingerprint density at radius 3 is 2.85 bits per heavy atom. The lowest BCUT2D eigenvalue weighted by molar-refractivity contribution is 0.136. The summed E-state index contributed by atoms with van der Waals surface area (Å²) in [6.07, 6.45) is 0.652. The maximum Gasteiger partial charge on any atom is 0.288 e. The number of halogens is 1. The van der Waals surface area contributed by atoms with Crippen LogP contribution in [0, 0.1) is 10.8 Å². The second-order valence-electron chi connectivity index (χ2n) is 7.05. The van der Waals surface area contributed by atoms with Crippen molar-refractivity contribution in [1.29, 1.82) is 0 Å². The van der Waals surface area contributed by atoms with Gasteiger partial charge in [0.2, 0.25) is 5.89 Å². The highest BCUT2D eigenvalue weighted by atomic mass is 79.9. The van der Waals surface area contributed by atoms with Crippen molar-refractivity contribution in [2.75, 3.05) is 18.1 Å². The van der Waals surface area contributed by atoms with Gasteiger partial charge in [-0.05, 0) is 42.8 Å². The molecule has 0 unspecified atom stereocenters. The van der Waals surface area contributed by atoms with Crippen molar-refractivity contribution < 1.29 is 12.8 Å². The molecule has 9 heteroatoms. The summed E-state index contributed by atoms with van der Waals surface area (Å²) < 4.78 is 32.0. The van der Waals surface area contributed by atoms with Gasteiger partial charge in [0.15, 0.2) is 9.84 Å². The number of sulfone groups is 1. The molecule has 26 heavy (non-hydrogen) atoms. The molecule has 2 heterocycles. The van der Waals surface area contributed by atoms with Gasteiger partial charge in [-0.3, -0.25) is 4.90 Å². The molecule has 0 N–H and O–H groups in total. The Morgan fingerprint density at radius 1 is 1.46 bits per heavy atom. The number of nitrogens with zero attached hydrogens (tertiary/aromatic N) is 3. The van der Waals surface area contributed by atoms with Gasteiger partial charge in [-0.2, -0.15) is 0 Å². The summed E-state index contributed by atoms with van der Waals surface area (Å²) in [6, 6.07) is 7.66. The molecular weight excluding hydrogens is 438 g/mol. The summed E-state index contributed by atoms with van der Waals surface area (Å²) in [5.74, 6) is 1.31. The Bertz CT molecular complexity index is 937. The highest BCUT2D eigenvalue weighted by Gasteiger charge is 2.33. The summed E-state index contributed by atoms with van der Waals surface area (Å²) in [4.78, 5) is 2.44. The third kappa shape index (κ3) is 4.82. The summed E-state index contributed by atoms with van der Waals surface area (Å²) >= 11 is 8.77. The fraction of sp³-hybridized carbons (Fsp3) is 0.529. The lowest BCUT2D eigenvalue weighted by Gasteiger charge is -2.29. The first kappa shape index (κ1) is 19.7. The molecule has 3 rings (SSSR count). The van der Waals surface area contributed by atoms with Crippen LogP contribution >= 0.6 is 28.1 Å². The fourth-order valence-corrected chi connectivity index (χ4v) is 5.50. The normalized spacial score (nSPS) is 19.5. The van der Waals surface area contributed by atoms with Crippen LogP contribution in [0.15, 0.2) is 33.2 Å². The van der Waals surface area contributed by atoms with Crippen LogP contribution in [0.3, 0.4) is 0 Å². The maximum atomic E-state index is 11.9. The van der Waals surface area contributed by atoms with E-state index >= 15 is 0 Å². The molecule has 1 atom stereocenters. The van der Waals surface area contributed by atoms with Crippen LogP contribution in [-0.4, -0.2) is 47.2 Å². The standard InChI is InChI=1S/C17H22BrN3O3S2/c1-12(2)9-20(15-6-7-26(22,23)10-15)11-21-17(25)24-16(19-21)13-4-3-5-14(18)8-13/h3-5,8,12,15H,6-7,9-11H2,1-2H3/t15-/m1/s1. The number of aromatic nitrogens is 2. The molecule has 1 aromatic heterocycles. The topological polar surface area (TPSA) is 68.3 Å². The summed E-state index contributed by atoms with van der Waals surface area (Å²) in [7, 11) is -2.95. The summed E-state index contributed by atoms with van der Waals surface area (Å²) in [6.45, 7) is 5.44. The van der Waals surface area contributed by atoms with Crippen molar-refractivity contribution in [2.45, 2.75) is 33.0 Å². The highest BCUT2D eigenvalue weighted by molar-refractivity contribution is 9.10. The van der Waals surface area contributed by atoms with E-state index in [0.29, 0.717) is 24.9 Å². The molecule has 0 radical (unpaired) electrons. The van der Waals surface area contributed by atoms with Gasteiger partial charge in [0.1, 0.15) is 0 Å². The van der Waals surface area contributed by atoms with Crippen LogP contribution in [0.25, 0.3) is 11.5 Å². The number of hydrogen-bond acceptors (Lipinski definition) is 6.